The van der Waals surface area contributed by atoms with Gasteiger partial charge in [-0.2, -0.15) is 0 Å². The van der Waals surface area contributed by atoms with Gasteiger partial charge in [-0.05, 0) is 0 Å². The third-order valence-corrected chi connectivity index (χ3v) is 0.847. The molecule has 0 rings (SSSR count). The summed E-state index contributed by atoms with van der Waals surface area (Å²) in [4.78, 5) is 11.9. The van der Waals surface area contributed by atoms with E-state index in [-0.39, 0.29) is 0 Å². The predicted octanol–water partition coefficient (Wildman–Crippen LogP) is -0.303. The van der Waals surface area contributed by atoms with Gasteiger partial charge in [0.15, 0.2) is 5.96 Å². The first-order chi connectivity index (χ1) is 5.29. The molecule has 0 unspecified atom stereocenters. The summed E-state index contributed by atoms with van der Waals surface area (Å²) in [6, 6.07) is 0. The summed E-state index contributed by atoms with van der Waals surface area (Å²) in [7, 11) is 7.40. The Morgan fingerprint density at radius 1 is 1.33 bits per heavy atom. The Labute approximate surface area is 70.8 Å². The number of hydrogen-bond acceptors (Lipinski definition) is 3. The van der Waals surface area contributed by atoms with Gasteiger partial charge in [0.1, 0.15) is 0 Å². The molecule has 0 amide bonds. The van der Waals surface area contributed by atoms with Crippen LogP contribution in [0.2, 0.25) is 0 Å². The largest absolute Gasteiger partial charge is 0.349 e. The molecule has 0 aromatic rings. The fourth-order valence-electron chi connectivity index (χ4n) is 0.400. The molecule has 0 bridgehead atoms. The highest BCUT2D eigenvalue weighted by Crippen LogP contribution is 1.80. The SMILES string of the molecule is CN(C)C(=N)N(C)C.O=[N+]([O-])O. The van der Waals surface area contributed by atoms with Crippen molar-refractivity contribution in [3.63, 3.8) is 0 Å². The molecular formula is C5H14N4O3. The maximum Gasteiger partial charge on any atom is 0.291 e. The number of nitrogens with zero attached hydrogens (tertiary/aromatic N) is 3. The molecule has 0 saturated heterocycles. The molecule has 7 heteroatoms. The first-order valence-corrected chi connectivity index (χ1v) is 3.05. The molecule has 0 aliphatic carbocycles. The van der Waals surface area contributed by atoms with Crippen LogP contribution in [0.1, 0.15) is 0 Å². The van der Waals surface area contributed by atoms with Crippen LogP contribution in [0.4, 0.5) is 0 Å². The van der Waals surface area contributed by atoms with Crippen LogP contribution in [0, 0.1) is 15.5 Å². The highest BCUT2D eigenvalue weighted by atomic mass is 16.9. The lowest BCUT2D eigenvalue weighted by Gasteiger charge is -2.19. The fourth-order valence-corrected chi connectivity index (χ4v) is 0.400. The smallest absolute Gasteiger partial charge is 0.291 e. The van der Waals surface area contributed by atoms with Gasteiger partial charge in [0, 0.05) is 28.2 Å². The number of guanidine groups is 1. The van der Waals surface area contributed by atoms with Crippen LogP contribution >= 0.6 is 0 Å². The van der Waals surface area contributed by atoms with E-state index in [9.17, 15) is 0 Å². The van der Waals surface area contributed by atoms with Crippen molar-refractivity contribution in [1.82, 2.24) is 9.80 Å². The average molecular weight is 178 g/mol. The Balaban J connectivity index is 0. The average Bonchev–Trinajstić information content (AvgIpc) is 1.84. The molecule has 0 fully saturated rings. The van der Waals surface area contributed by atoms with E-state index in [0.717, 1.165) is 0 Å². The lowest BCUT2D eigenvalue weighted by Crippen LogP contribution is -2.34. The summed E-state index contributed by atoms with van der Waals surface area (Å²) in [6.45, 7) is 0. The summed E-state index contributed by atoms with van der Waals surface area (Å²) in [5.41, 5.74) is 0. The molecule has 0 aliphatic rings. The summed E-state index contributed by atoms with van der Waals surface area (Å²) < 4.78 is 0. The summed E-state index contributed by atoms with van der Waals surface area (Å²) in [6.07, 6.45) is 0. The zero-order valence-corrected chi connectivity index (χ0v) is 7.61. The van der Waals surface area contributed by atoms with Crippen LogP contribution in [0.5, 0.6) is 0 Å². The van der Waals surface area contributed by atoms with E-state index >= 15 is 0 Å². The van der Waals surface area contributed by atoms with Crippen molar-refractivity contribution in [2.24, 2.45) is 0 Å². The second kappa shape index (κ2) is 6.20. The molecule has 0 heterocycles. The Hall–Kier alpha value is -1.53. The topological polar surface area (TPSA) is 93.7 Å². The van der Waals surface area contributed by atoms with Gasteiger partial charge in [0.2, 0.25) is 0 Å². The maximum atomic E-state index is 8.36. The molecule has 0 atom stereocenters. The van der Waals surface area contributed by atoms with E-state index in [1.54, 1.807) is 9.80 Å². The number of rotatable bonds is 0. The van der Waals surface area contributed by atoms with Gasteiger partial charge in [-0.15, -0.1) is 10.1 Å². The van der Waals surface area contributed by atoms with Gasteiger partial charge < -0.3 is 15.0 Å². The standard InChI is InChI=1S/C5H13N3.HNO3/c1-7(2)5(6)8(3)4;2-1(3)4/h6H,1-4H3;(H,2,3,4). The van der Waals surface area contributed by atoms with Gasteiger partial charge >= 0.3 is 0 Å². The molecule has 0 spiro atoms. The van der Waals surface area contributed by atoms with E-state index in [1.165, 1.54) is 0 Å². The Kier molecular flexibility index (Phi) is 6.76. The molecule has 0 radical (unpaired) electrons. The molecule has 2 N–H and O–H groups in total. The Bertz CT molecular complexity index is 143. The molecular weight excluding hydrogens is 164 g/mol. The van der Waals surface area contributed by atoms with Gasteiger partial charge in [-0.1, -0.05) is 0 Å². The van der Waals surface area contributed by atoms with Gasteiger partial charge in [-0.3, -0.25) is 5.41 Å². The number of hydrogen-bond donors (Lipinski definition) is 2. The highest BCUT2D eigenvalue weighted by molar-refractivity contribution is 5.75. The lowest BCUT2D eigenvalue weighted by molar-refractivity contribution is -0.742. The summed E-state index contributed by atoms with van der Waals surface area (Å²) >= 11 is 0. The predicted molar refractivity (Wildman–Crippen MR) is 43.9 cm³/mol. The molecule has 7 nitrogen and oxygen atoms in total. The van der Waals surface area contributed by atoms with Crippen molar-refractivity contribution < 1.29 is 10.3 Å². The van der Waals surface area contributed by atoms with Crippen molar-refractivity contribution in [3.8, 4) is 0 Å². The zero-order chi connectivity index (χ0) is 10.3. The van der Waals surface area contributed by atoms with E-state index in [1.807, 2.05) is 28.2 Å². The zero-order valence-electron chi connectivity index (χ0n) is 7.61. The maximum absolute atomic E-state index is 8.36. The minimum Gasteiger partial charge on any atom is -0.349 e. The van der Waals surface area contributed by atoms with Crippen LogP contribution in [0.25, 0.3) is 0 Å². The molecule has 0 saturated carbocycles. The van der Waals surface area contributed by atoms with Gasteiger partial charge in [0.25, 0.3) is 5.09 Å². The second-order valence-corrected chi connectivity index (χ2v) is 2.35. The Morgan fingerprint density at radius 3 is 1.50 bits per heavy atom. The third-order valence-electron chi connectivity index (χ3n) is 0.847. The highest BCUT2D eigenvalue weighted by Gasteiger charge is 1.97. The normalized spacial score (nSPS) is 7.67. The van der Waals surface area contributed by atoms with Crippen molar-refractivity contribution in [2.45, 2.75) is 0 Å². The molecule has 0 aromatic carbocycles. The van der Waals surface area contributed by atoms with Gasteiger partial charge in [-0.25, -0.2) is 0 Å². The third kappa shape index (κ3) is 11.3. The molecule has 0 aromatic heterocycles. The van der Waals surface area contributed by atoms with Crippen LogP contribution in [-0.2, 0) is 0 Å². The summed E-state index contributed by atoms with van der Waals surface area (Å²) in [5, 5.41) is 20.9. The van der Waals surface area contributed by atoms with Crippen molar-refractivity contribution in [3.05, 3.63) is 10.1 Å². The minimum atomic E-state index is -1.50. The van der Waals surface area contributed by atoms with Crippen LogP contribution in [0.3, 0.4) is 0 Å². The van der Waals surface area contributed by atoms with Crippen molar-refractivity contribution >= 4 is 5.96 Å². The second-order valence-electron chi connectivity index (χ2n) is 2.35. The van der Waals surface area contributed by atoms with Crippen molar-refractivity contribution in [2.75, 3.05) is 28.2 Å². The summed E-state index contributed by atoms with van der Waals surface area (Å²) in [5.74, 6) is 0.519. The molecule has 0 aliphatic heterocycles. The fraction of sp³-hybridized carbons (Fsp3) is 0.800. The van der Waals surface area contributed by atoms with Crippen LogP contribution in [0.15, 0.2) is 0 Å². The van der Waals surface area contributed by atoms with Crippen LogP contribution < -0.4 is 0 Å². The lowest BCUT2D eigenvalue weighted by atomic mass is 10.7. The van der Waals surface area contributed by atoms with Gasteiger partial charge in [0.05, 0.1) is 0 Å². The van der Waals surface area contributed by atoms with E-state index in [4.69, 9.17) is 20.7 Å². The first-order valence-electron chi connectivity index (χ1n) is 3.05. The van der Waals surface area contributed by atoms with Crippen LogP contribution in [-0.4, -0.2) is 54.2 Å². The number of nitrogens with one attached hydrogen (secondary N) is 1. The first kappa shape index (κ1) is 13.1. The quantitative estimate of drug-likeness (QED) is 0.230. The van der Waals surface area contributed by atoms with E-state index in [0.29, 0.717) is 5.96 Å². The van der Waals surface area contributed by atoms with Crippen molar-refractivity contribution in [1.29, 1.82) is 5.41 Å². The van der Waals surface area contributed by atoms with E-state index in [2.05, 4.69) is 0 Å². The molecule has 12 heavy (non-hydrogen) atoms. The monoisotopic (exact) mass is 178 g/mol. The van der Waals surface area contributed by atoms with E-state index < -0.39 is 5.09 Å². The molecule has 72 valence electrons. The minimum absolute atomic E-state index is 0.519. The Morgan fingerprint density at radius 2 is 1.50 bits per heavy atom.